The molecule has 2 aliphatic rings. The molecular formula is C22H43N5O3. The number of likely N-dealkylation sites (tertiary alicyclic amines) is 1. The fraction of sp³-hybridized carbons (Fsp3) is 0.909. The van der Waals surface area contributed by atoms with Crippen LogP contribution in [0.2, 0.25) is 0 Å². The number of carbonyl (C=O) groups excluding carboxylic acids is 1. The van der Waals surface area contributed by atoms with Crippen LogP contribution in [0.15, 0.2) is 4.99 Å². The summed E-state index contributed by atoms with van der Waals surface area (Å²) in [4.78, 5) is 19.1. The number of aliphatic imine (C=N–C) groups is 1. The van der Waals surface area contributed by atoms with Crippen molar-refractivity contribution in [3.8, 4) is 0 Å². The molecule has 2 fully saturated rings. The number of amides is 1. The van der Waals surface area contributed by atoms with Gasteiger partial charge in [0, 0.05) is 38.3 Å². The van der Waals surface area contributed by atoms with E-state index in [0.717, 1.165) is 83.6 Å². The molecule has 174 valence electrons. The van der Waals surface area contributed by atoms with Gasteiger partial charge in [-0.05, 0) is 79.2 Å². The number of nitrogens with one attached hydrogen (secondary N) is 3. The topological polar surface area (TPSA) is 98.2 Å². The van der Waals surface area contributed by atoms with Crippen LogP contribution in [0.3, 0.4) is 0 Å². The number of nitrogens with zero attached hydrogens (tertiary/aromatic N) is 2. The number of piperidine rings is 1. The molecule has 1 heterocycles. The van der Waals surface area contributed by atoms with Gasteiger partial charge in [-0.25, -0.2) is 4.79 Å². The van der Waals surface area contributed by atoms with Crippen LogP contribution in [0.5, 0.6) is 0 Å². The summed E-state index contributed by atoms with van der Waals surface area (Å²) in [5, 5.41) is 19.5. The van der Waals surface area contributed by atoms with E-state index in [0.29, 0.717) is 6.04 Å². The molecule has 0 aromatic rings. The molecule has 0 unspecified atom stereocenters. The molecule has 1 saturated heterocycles. The minimum atomic E-state index is -0.463. The Morgan fingerprint density at radius 3 is 2.23 bits per heavy atom. The third-order valence-electron chi connectivity index (χ3n) is 5.59. The molecule has 8 nitrogen and oxygen atoms in total. The van der Waals surface area contributed by atoms with E-state index in [2.05, 4.69) is 27.8 Å². The van der Waals surface area contributed by atoms with Crippen LogP contribution in [0, 0.1) is 0 Å². The largest absolute Gasteiger partial charge is 0.444 e. The highest BCUT2D eigenvalue weighted by atomic mass is 16.6. The number of hydrogen-bond donors (Lipinski definition) is 4. The van der Waals surface area contributed by atoms with Gasteiger partial charge in [-0.3, -0.25) is 4.99 Å². The van der Waals surface area contributed by atoms with Gasteiger partial charge in [-0.1, -0.05) is 0 Å². The van der Waals surface area contributed by atoms with Crippen molar-refractivity contribution in [3.63, 3.8) is 0 Å². The Labute approximate surface area is 182 Å². The van der Waals surface area contributed by atoms with Crippen LogP contribution in [-0.4, -0.2) is 78.6 Å². The Morgan fingerprint density at radius 2 is 1.67 bits per heavy atom. The van der Waals surface area contributed by atoms with E-state index in [1.165, 1.54) is 0 Å². The van der Waals surface area contributed by atoms with Gasteiger partial charge >= 0.3 is 6.09 Å². The van der Waals surface area contributed by atoms with Gasteiger partial charge in [0.05, 0.1) is 6.10 Å². The molecular weight excluding hydrogens is 382 g/mol. The average Bonchev–Trinajstić information content (AvgIpc) is 2.67. The fourth-order valence-electron chi connectivity index (χ4n) is 4.00. The molecule has 0 bridgehead atoms. The molecule has 1 aliphatic heterocycles. The van der Waals surface area contributed by atoms with Crippen molar-refractivity contribution in [2.45, 2.75) is 96.4 Å². The van der Waals surface area contributed by atoms with Crippen molar-refractivity contribution in [1.82, 2.24) is 20.9 Å². The Hall–Kier alpha value is -1.54. The van der Waals surface area contributed by atoms with Gasteiger partial charge in [-0.2, -0.15) is 0 Å². The predicted molar refractivity (Wildman–Crippen MR) is 121 cm³/mol. The lowest BCUT2D eigenvalue weighted by Crippen LogP contribution is -2.48. The SMILES string of the molecule is CCNC(=NCCCN1CCC(O)CC1)NC1CCC(NC(=O)OC(C)(C)C)CC1. The van der Waals surface area contributed by atoms with Crippen molar-refractivity contribution >= 4 is 12.1 Å². The maximum Gasteiger partial charge on any atom is 0.407 e. The molecule has 0 spiro atoms. The summed E-state index contributed by atoms with van der Waals surface area (Å²) in [5.74, 6) is 0.884. The Bertz CT molecular complexity index is 533. The van der Waals surface area contributed by atoms with Gasteiger partial charge in [0.15, 0.2) is 5.96 Å². The Morgan fingerprint density at radius 1 is 1.07 bits per heavy atom. The summed E-state index contributed by atoms with van der Waals surface area (Å²) in [7, 11) is 0. The molecule has 0 atom stereocenters. The highest BCUT2D eigenvalue weighted by Crippen LogP contribution is 2.19. The summed E-state index contributed by atoms with van der Waals surface area (Å²) in [6.45, 7) is 12.4. The van der Waals surface area contributed by atoms with Crippen LogP contribution in [0.4, 0.5) is 4.79 Å². The van der Waals surface area contributed by atoms with Crippen LogP contribution in [-0.2, 0) is 4.74 Å². The lowest BCUT2D eigenvalue weighted by Gasteiger charge is -2.31. The van der Waals surface area contributed by atoms with Crippen molar-refractivity contribution < 1.29 is 14.6 Å². The summed E-state index contributed by atoms with van der Waals surface area (Å²) in [6.07, 6.45) is 6.25. The van der Waals surface area contributed by atoms with Gasteiger partial charge < -0.3 is 30.7 Å². The molecule has 2 rings (SSSR count). The summed E-state index contributed by atoms with van der Waals surface area (Å²) >= 11 is 0. The normalized spacial score (nSPS) is 24.4. The molecule has 1 saturated carbocycles. The first-order chi connectivity index (χ1) is 14.2. The first-order valence-corrected chi connectivity index (χ1v) is 11.7. The van der Waals surface area contributed by atoms with Crippen molar-refractivity contribution in [1.29, 1.82) is 0 Å². The molecule has 0 aromatic carbocycles. The van der Waals surface area contributed by atoms with E-state index >= 15 is 0 Å². The highest BCUT2D eigenvalue weighted by molar-refractivity contribution is 5.80. The van der Waals surface area contributed by atoms with E-state index in [-0.39, 0.29) is 18.2 Å². The minimum Gasteiger partial charge on any atom is -0.444 e. The standard InChI is InChI=1S/C22H43N5O3/c1-5-23-20(24-13-6-14-27-15-11-19(28)12-16-27)25-17-7-9-18(10-8-17)26-21(29)30-22(2,3)4/h17-19,28H,5-16H2,1-4H3,(H,26,29)(H2,23,24,25). The second-order valence-corrected chi connectivity index (χ2v) is 9.53. The van der Waals surface area contributed by atoms with E-state index in [9.17, 15) is 9.90 Å². The quantitative estimate of drug-likeness (QED) is 0.284. The smallest absolute Gasteiger partial charge is 0.407 e. The maximum atomic E-state index is 12.0. The molecule has 0 aromatic heterocycles. The van der Waals surface area contributed by atoms with Crippen molar-refractivity contribution in [2.24, 2.45) is 4.99 Å². The zero-order chi connectivity index (χ0) is 22.0. The Kier molecular flexibility index (Phi) is 10.2. The fourth-order valence-corrected chi connectivity index (χ4v) is 4.00. The summed E-state index contributed by atoms with van der Waals surface area (Å²) in [6, 6.07) is 0.559. The molecule has 1 amide bonds. The Balaban J connectivity index is 1.67. The highest BCUT2D eigenvalue weighted by Gasteiger charge is 2.25. The third kappa shape index (κ3) is 9.98. The van der Waals surface area contributed by atoms with Gasteiger partial charge in [-0.15, -0.1) is 0 Å². The number of guanidine groups is 1. The molecule has 0 radical (unpaired) electrons. The van der Waals surface area contributed by atoms with Crippen LogP contribution in [0.25, 0.3) is 0 Å². The molecule has 8 heteroatoms. The minimum absolute atomic E-state index is 0.113. The number of alkyl carbamates (subject to hydrolysis) is 1. The van der Waals surface area contributed by atoms with Gasteiger partial charge in [0.2, 0.25) is 0 Å². The summed E-state index contributed by atoms with van der Waals surface area (Å²) < 4.78 is 5.36. The van der Waals surface area contributed by atoms with E-state index in [1.807, 2.05) is 20.8 Å². The van der Waals surface area contributed by atoms with Crippen molar-refractivity contribution in [3.05, 3.63) is 0 Å². The number of carbonyl (C=O) groups is 1. The van der Waals surface area contributed by atoms with E-state index in [4.69, 9.17) is 9.73 Å². The zero-order valence-electron chi connectivity index (χ0n) is 19.4. The van der Waals surface area contributed by atoms with Crippen molar-refractivity contribution in [2.75, 3.05) is 32.7 Å². The summed E-state index contributed by atoms with van der Waals surface area (Å²) in [5.41, 5.74) is -0.463. The third-order valence-corrected chi connectivity index (χ3v) is 5.59. The van der Waals surface area contributed by atoms with Gasteiger partial charge in [0.25, 0.3) is 0 Å². The number of aliphatic hydroxyl groups excluding tert-OH is 1. The number of ether oxygens (including phenoxy) is 1. The number of hydrogen-bond acceptors (Lipinski definition) is 5. The zero-order valence-corrected chi connectivity index (χ0v) is 19.4. The van der Waals surface area contributed by atoms with Gasteiger partial charge in [0.1, 0.15) is 5.60 Å². The second-order valence-electron chi connectivity index (χ2n) is 9.53. The first-order valence-electron chi connectivity index (χ1n) is 11.7. The van der Waals surface area contributed by atoms with Crippen LogP contribution >= 0.6 is 0 Å². The molecule has 4 N–H and O–H groups in total. The molecule has 1 aliphatic carbocycles. The van der Waals surface area contributed by atoms with Crippen LogP contribution < -0.4 is 16.0 Å². The lowest BCUT2D eigenvalue weighted by molar-refractivity contribution is 0.0490. The number of aliphatic hydroxyl groups is 1. The van der Waals surface area contributed by atoms with E-state index in [1.54, 1.807) is 0 Å². The average molecular weight is 426 g/mol. The second kappa shape index (κ2) is 12.3. The van der Waals surface area contributed by atoms with E-state index < -0.39 is 5.60 Å². The van der Waals surface area contributed by atoms with Crippen LogP contribution in [0.1, 0.15) is 72.6 Å². The predicted octanol–water partition coefficient (Wildman–Crippen LogP) is 2.22. The first kappa shape index (κ1) is 24.7. The number of rotatable bonds is 7. The lowest BCUT2D eigenvalue weighted by atomic mass is 9.91. The maximum absolute atomic E-state index is 12.0. The molecule has 30 heavy (non-hydrogen) atoms. The monoisotopic (exact) mass is 425 g/mol.